The summed E-state index contributed by atoms with van der Waals surface area (Å²) in [5.41, 5.74) is 5.92. The number of nitrogens with two attached hydrogens (primary N) is 1. The van der Waals surface area contributed by atoms with Gasteiger partial charge in [0.1, 0.15) is 5.75 Å². The van der Waals surface area contributed by atoms with Crippen molar-refractivity contribution in [1.82, 2.24) is 9.88 Å². The van der Waals surface area contributed by atoms with Crippen molar-refractivity contribution < 1.29 is 14.3 Å². The van der Waals surface area contributed by atoms with E-state index in [2.05, 4.69) is 4.98 Å². The molecule has 0 bridgehead atoms. The lowest BCUT2D eigenvalue weighted by Crippen LogP contribution is -2.41. The Morgan fingerprint density at radius 2 is 1.91 bits per heavy atom. The number of ether oxygens (including phenoxy) is 1. The molecule has 1 aromatic heterocycles. The van der Waals surface area contributed by atoms with Crippen molar-refractivity contribution in [1.29, 1.82) is 0 Å². The number of hydrogen-bond donors (Lipinski definition) is 1. The summed E-state index contributed by atoms with van der Waals surface area (Å²) in [6, 6.07) is 6.99. The fraction of sp³-hybridized carbons (Fsp3) is 0.312. The van der Waals surface area contributed by atoms with Crippen molar-refractivity contribution in [3.8, 4) is 10.9 Å². The minimum atomic E-state index is -0.277. The van der Waals surface area contributed by atoms with Crippen LogP contribution in [-0.2, 0) is 4.79 Å². The molecule has 0 spiro atoms. The smallest absolute Gasteiger partial charge is 0.278 e. The number of piperidine rings is 1. The number of aromatic nitrogens is 1. The maximum atomic E-state index is 12.5. The Hall–Kier alpha value is -2.41. The van der Waals surface area contributed by atoms with Crippen molar-refractivity contribution in [2.24, 2.45) is 11.7 Å². The molecule has 0 saturated carbocycles. The van der Waals surface area contributed by atoms with Crippen LogP contribution in [0, 0.1) is 5.92 Å². The lowest BCUT2D eigenvalue weighted by molar-refractivity contribution is -0.123. The van der Waals surface area contributed by atoms with E-state index in [1.807, 2.05) is 5.38 Å². The number of rotatable bonds is 4. The number of likely N-dealkylation sites (tertiary alicyclic amines) is 1. The molecule has 6 nitrogen and oxygen atoms in total. The van der Waals surface area contributed by atoms with Gasteiger partial charge >= 0.3 is 0 Å². The van der Waals surface area contributed by atoms with E-state index in [1.165, 1.54) is 11.3 Å². The van der Waals surface area contributed by atoms with Gasteiger partial charge in [-0.2, -0.15) is 0 Å². The van der Waals surface area contributed by atoms with E-state index in [4.69, 9.17) is 10.5 Å². The Balaban J connectivity index is 1.61. The van der Waals surface area contributed by atoms with Crippen LogP contribution in [-0.4, -0.2) is 34.8 Å². The van der Waals surface area contributed by atoms with Crippen molar-refractivity contribution in [2.45, 2.75) is 12.8 Å². The van der Waals surface area contributed by atoms with Crippen LogP contribution in [0.5, 0.6) is 10.9 Å². The summed E-state index contributed by atoms with van der Waals surface area (Å²) in [5, 5.41) is 2.40. The molecule has 120 valence electrons. The van der Waals surface area contributed by atoms with Crippen LogP contribution in [0.2, 0.25) is 0 Å². The van der Waals surface area contributed by atoms with E-state index in [9.17, 15) is 9.59 Å². The molecule has 1 fully saturated rings. The molecular formula is C16H17N3O3S. The molecule has 1 saturated heterocycles. The summed E-state index contributed by atoms with van der Waals surface area (Å²) in [6.07, 6.45) is 2.94. The molecule has 0 radical (unpaired) electrons. The second kappa shape index (κ2) is 6.78. The highest BCUT2D eigenvalue weighted by molar-refractivity contribution is 7.11. The van der Waals surface area contributed by atoms with Gasteiger partial charge in [-0.15, -0.1) is 0 Å². The van der Waals surface area contributed by atoms with Gasteiger partial charge in [-0.1, -0.05) is 11.3 Å². The van der Waals surface area contributed by atoms with Crippen LogP contribution in [0.1, 0.15) is 23.2 Å². The largest absolute Gasteiger partial charge is 0.431 e. The van der Waals surface area contributed by atoms with Gasteiger partial charge in [-0.25, -0.2) is 4.98 Å². The minimum Gasteiger partial charge on any atom is -0.431 e. The number of thiazole rings is 1. The fourth-order valence-corrected chi connectivity index (χ4v) is 3.08. The molecule has 2 N–H and O–H groups in total. The SMILES string of the molecule is NC(=O)C1CCN(C(=O)c2ccc(Oc3nccs3)cc2)CC1. The molecule has 1 aromatic carbocycles. The minimum absolute atomic E-state index is 0.0336. The molecule has 0 aliphatic carbocycles. The third-order valence-electron chi connectivity index (χ3n) is 3.90. The van der Waals surface area contributed by atoms with Gasteiger partial charge in [-0.05, 0) is 37.1 Å². The summed E-state index contributed by atoms with van der Waals surface area (Å²) in [7, 11) is 0. The van der Waals surface area contributed by atoms with Crippen LogP contribution < -0.4 is 10.5 Å². The number of benzene rings is 1. The number of hydrogen-bond acceptors (Lipinski definition) is 5. The second-order valence-electron chi connectivity index (χ2n) is 5.39. The predicted molar refractivity (Wildman–Crippen MR) is 86.5 cm³/mol. The zero-order valence-electron chi connectivity index (χ0n) is 12.5. The molecule has 2 amide bonds. The molecule has 2 heterocycles. The monoisotopic (exact) mass is 331 g/mol. The number of primary amides is 1. The molecule has 1 aliphatic rings. The van der Waals surface area contributed by atoms with Gasteiger partial charge in [0, 0.05) is 36.1 Å². The van der Waals surface area contributed by atoms with E-state index >= 15 is 0 Å². The number of carbonyl (C=O) groups excluding carboxylic acids is 2. The Morgan fingerprint density at radius 1 is 1.22 bits per heavy atom. The summed E-state index contributed by atoms with van der Waals surface area (Å²) in [5.74, 6) is 0.214. The van der Waals surface area contributed by atoms with Gasteiger partial charge in [0.25, 0.3) is 11.1 Å². The normalized spacial score (nSPS) is 15.4. The van der Waals surface area contributed by atoms with Crippen molar-refractivity contribution in [3.63, 3.8) is 0 Å². The lowest BCUT2D eigenvalue weighted by atomic mass is 9.96. The van der Waals surface area contributed by atoms with E-state index in [0.29, 0.717) is 42.4 Å². The van der Waals surface area contributed by atoms with E-state index in [-0.39, 0.29) is 17.7 Å². The molecule has 0 atom stereocenters. The van der Waals surface area contributed by atoms with E-state index < -0.39 is 0 Å². The third kappa shape index (κ3) is 3.68. The first-order valence-electron chi connectivity index (χ1n) is 7.39. The zero-order chi connectivity index (χ0) is 16.2. The van der Waals surface area contributed by atoms with E-state index in [0.717, 1.165) is 0 Å². The molecule has 3 rings (SSSR count). The van der Waals surface area contributed by atoms with Gasteiger partial charge in [0.2, 0.25) is 5.91 Å². The first kappa shape index (κ1) is 15.5. The van der Waals surface area contributed by atoms with Gasteiger partial charge in [-0.3, -0.25) is 9.59 Å². The van der Waals surface area contributed by atoms with Gasteiger partial charge in [0.05, 0.1) is 0 Å². The van der Waals surface area contributed by atoms with Crippen molar-refractivity contribution in [2.75, 3.05) is 13.1 Å². The first-order valence-corrected chi connectivity index (χ1v) is 8.27. The predicted octanol–water partition coefficient (Wildman–Crippen LogP) is 2.27. The molecule has 0 unspecified atom stereocenters. The van der Waals surface area contributed by atoms with Crippen molar-refractivity contribution in [3.05, 3.63) is 41.4 Å². The Morgan fingerprint density at radius 3 is 2.48 bits per heavy atom. The standard InChI is InChI=1S/C16H17N3O3S/c17-14(20)11-5-8-19(9-6-11)15(21)12-1-3-13(4-2-12)22-16-18-7-10-23-16/h1-4,7,10-11H,5-6,8-9H2,(H2,17,20). The molecule has 23 heavy (non-hydrogen) atoms. The summed E-state index contributed by atoms with van der Waals surface area (Å²) < 4.78 is 5.57. The highest BCUT2D eigenvalue weighted by atomic mass is 32.1. The molecule has 1 aliphatic heterocycles. The molecular weight excluding hydrogens is 314 g/mol. The number of carbonyl (C=O) groups is 2. The summed E-state index contributed by atoms with van der Waals surface area (Å²) in [6.45, 7) is 1.12. The Bertz CT molecular complexity index is 677. The van der Waals surface area contributed by atoms with Gasteiger partial charge < -0.3 is 15.4 Å². The average Bonchev–Trinajstić information content (AvgIpc) is 3.08. The Kier molecular flexibility index (Phi) is 4.57. The molecule has 7 heteroatoms. The van der Waals surface area contributed by atoms with Crippen LogP contribution >= 0.6 is 11.3 Å². The van der Waals surface area contributed by atoms with Crippen LogP contribution in [0.25, 0.3) is 0 Å². The Labute approximate surface area is 137 Å². The maximum absolute atomic E-state index is 12.5. The van der Waals surface area contributed by atoms with Crippen LogP contribution in [0.3, 0.4) is 0 Å². The first-order chi connectivity index (χ1) is 11.1. The fourth-order valence-electron chi connectivity index (χ4n) is 2.58. The summed E-state index contributed by atoms with van der Waals surface area (Å²) in [4.78, 5) is 29.4. The van der Waals surface area contributed by atoms with E-state index in [1.54, 1.807) is 35.4 Å². The maximum Gasteiger partial charge on any atom is 0.278 e. The zero-order valence-corrected chi connectivity index (χ0v) is 13.3. The molecule has 2 aromatic rings. The average molecular weight is 331 g/mol. The highest BCUT2D eigenvalue weighted by Crippen LogP contribution is 2.24. The topological polar surface area (TPSA) is 85.5 Å². The number of amides is 2. The third-order valence-corrected chi connectivity index (χ3v) is 4.55. The quantitative estimate of drug-likeness (QED) is 0.931. The number of nitrogens with zero attached hydrogens (tertiary/aromatic N) is 2. The van der Waals surface area contributed by atoms with Gasteiger partial charge in [0.15, 0.2) is 0 Å². The van der Waals surface area contributed by atoms with Crippen molar-refractivity contribution >= 4 is 23.2 Å². The van der Waals surface area contributed by atoms with Crippen LogP contribution in [0.15, 0.2) is 35.8 Å². The highest BCUT2D eigenvalue weighted by Gasteiger charge is 2.26. The van der Waals surface area contributed by atoms with Crippen LogP contribution in [0.4, 0.5) is 0 Å². The summed E-state index contributed by atoms with van der Waals surface area (Å²) >= 11 is 1.41. The second-order valence-corrected chi connectivity index (χ2v) is 6.25. The lowest BCUT2D eigenvalue weighted by Gasteiger charge is -2.30.